The number of carbonyl (C=O) groups excluding carboxylic acids is 1. The Morgan fingerprint density at radius 2 is 1.88 bits per heavy atom. The number of nitrogens with zero attached hydrogens (tertiary/aromatic N) is 4. The molecule has 1 amide bonds. The van der Waals surface area contributed by atoms with Crippen LogP contribution in [0.4, 0.5) is 4.39 Å². The van der Waals surface area contributed by atoms with Crippen LogP contribution in [-0.4, -0.2) is 86.2 Å². The second-order valence-corrected chi connectivity index (χ2v) is 11.2. The highest BCUT2D eigenvalue weighted by Gasteiger charge is 2.33. The lowest BCUT2D eigenvalue weighted by Gasteiger charge is -2.47. The minimum Gasteiger partial charge on any atom is -0.379 e. The lowest BCUT2D eigenvalue weighted by molar-refractivity contribution is -0.0326. The summed E-state index contributed by atoms with van der Waals surface area (Å²) in [5, 5.41) is 9.56. The molecule has 6 nitrogen and oxygen atoms in total. The highest BCUT2D eigenvalue weighted by Crippen LogP contribution is 2.30. The molecular formula is C31H41Cl2FN4O2. The third-order valence-corrected chi connectivity index (χ3v) is 8.63. The van der Waals surface area contributed by atoms with Gasteiger partial charge in [-0.2, -0.15) is 5.26 Å². The Kier molecular flexibility index (Phi) is 11.8. The number of hydrogen-bond acceptors (Lipinski definition) is 5. The fraction of sp³-hybridized carbons (Fsp3) is 0.548. The van der Waals surface area contributed by atoms with Gasteiger partial charge in [0.2, 0.25) is 0 Å². The van der Waals surface area contributed by atoms with Gasteiger partial charge in [-0.1, -0.05) is 6.07 Å². The van der Waals surface area contributed by atoms with Crippen molar-refractivity contribution in [1.82, 2.24) is 14.7 Å². The first-order valence-corrected chi connectivity index (χ1v) is 14.0. The highest BCUT2D eigenvalue weighted by molar-refractivity contribution is 5.96. The Labute approximate surface area is 250 Å². The largest absolute Gasteiger partial charge is 0.379 e. The third-order valence-electron chi connectivity index (χ3n) is 8.63. The number of likely N-dealkylation sites (tertiary alicyclic amines) is 1. The van der Waals surface area contributed by atoms with Gasteiger partial charge in [0.25, 0.3) is 5.91 Å². The van der Waals surface area contributed by atoms with Gasteiger partial charge in [0.05, 0.1) is 24.8 Å². The summed E-state index contributed by atoms with van der Waals surface area (Å²) >= 11 is 0. The average Bonchev–Trinajstić information content (AvgIpc) is 2.91. The van der Waals surface area contributed by atoms with Crippen LogP contribution in [0.3, 0.4) is 0 Å². The summed E-state index contributed by atoms with van der Waals surface area (Å²) < 4.78 is 19.4. The van der Waals surface area contributed by atoms with E-state index < -0.39 is 0 Å². The molecule has 2 fully saturated rings. The molecule has 0 radical (unpaired) electrons. The van der Waals surface area contributed by atoms with Gasteiger partial charge < -0.3 is 14.5 Å². The number of morpholine rings is 1. The predicted molar refractivity (Wildman–Crippen MR) is 160 cm³/mol. The maximum atomic E-state index is 13.9. The summed E-state index contributed by atoms with van der Waals surface area (Å²) in [6.45, 7) is 9.26. The van der Waals surface area contributed by atoms with E-state index in [1.807, 2.05) is 31.0 Å². The van der Waals surface area contributed by atoms with Crippen LogP contribution >= 0.6 is 24.8 Å². The molecule has 40 heavy (non-hydrogen) atoms. The van der Waals surface area contributed by atoms with Crippen LogP contribution < -0.4 is 0 Å². The Morgan fingerprint density at radius 3 is 2.58 bits per heavy atom. The monoisotopic (exact) mass is 590 g/mol. The molecule has 2 saturated heterocycles. The molecule has 5 rings (SSSR count). The lowest BCUT2D eigenvalue weighted by atomic mass is 9.86. The molecule has 0 bridgehead atoms. The quantitative estimate of drug-likeness (QED) is 0.433. The van der Waals surface area contributed by atoms with Crippen LogP contribution in [-0.2, 0) is 17.6 Å². The molecule has 0 spiro atoms. The molecule has 0 N–H and O–H groups in total. The zero-order valence-corrected chi connectivity index (χ0v) is 25.2. The smallest absolute Gasteiger partial charge is 0.253 e. The molecule has 0 saturated carbocycles. The minimum atomic E-state index is -0.231. The van der Waals surface area contributed by atoms with Crippen molar-refractivity contribution in [2.75, 3.05) is 59.5 Å². The van der Waals surface area contributed by atoms with Crippen molar-refractivity contribution in [3.05, 3.63) is 69.5 Å². The Bertz CT molecular complexity index is 1210. The zero-order valence-electron chi connectivity index (χ0n) is 23.5. The van der Waals surface area contributed by atoms with E-state index >= 15 is 0 Å². The van der Waals surface area contributed by atoms with Crippen LogP contribution in [0.15, 0.2) is 30.3 Å². The first-order valence-electron chi connectivity index (χ1n) is 14.0. The number of aryl methyl sites for hydroxylation is 2. The third kappa shape index (κ3) is 7.35. The SMILES string of the molecule is Cc1cc(F)ccc1C(CCN1CC(N2CCOCC2)C1)CN(C)C(=O)c1cc(C#N)cc2c1CCCC2.Cl.Cl. The van der Waals surface area contributed by atoms with Crippen LogP contribution in [0.5, 0.6) is 0 Å². The Balaban J connectivity index is 0.00000220. The maximum Gasteiger partial charge on any atom is 0.253 e. The van der Waals surface area contributed by atoms with Gasteiger partial charge in [-0.15, -0.1) is 24.8 Å². The van der Waals surface area contributed by atoms with Gasteiger partial charge in [0.1, 0.15) is 5.82 Å². The molecule has 218 valence electrons. The Hall–Kier alpha value is -2.21. The number of likely N-dealkylation sites (N-methyl/N-ethyl adjacent to an activating group) is 1. The standard InChI is InChI=1S/C31H39FN4O2.2ClH/c1-22-15-26(32)7-8-28(22)25(9-10-35-20-27(21-35)36-11-13-38-14-12-36)19-34(2)31(37)30-17-23(18-33)16-24-5-3-4-6-29(24)30;;/h7-8,15-17,25,27H,3-6,9-14,19-21H2,1-2H3;2*1H. The molecule has 9 heteroatoms. The van der Waals surface area contributed by atoms with E-state index in [1.54, 1.807) is 12.1 Å². The summed E-state index contributed by atoms with van der Waals surface area (Å²) in [7, 11) is 1.86. The zero-order chi connectivity index (χ0) is 26.6. The number of rotatable bonds is 8. The maximum absolute atomic E-state index is 13.9. The van der Waals surface area contributed by atoms with Gasteiger partial charge >= 0.3 is 0 Å². The number of benzene rings is 2. The average molecular weight is 592 g/mol. The molecule has 2 aromatic carbocycles. The minimum absolute atomic E-state index is 0. The van der Waals surface area contributed by atoms with Crippen molar-refractivity contribution in [2.45, 2.75) is 51.0 Å². The van der Waals surface area contributed by atoms with E-state index in [2.05, 4.69) is 15.9 Å². The number of nitriles is 1. The second-order valence-electron chi connectivity index (χ2n) is 11.2. The van der Waals surface area contributed by atoms with E-state index in [4.69, 9.17) is 4.74 Å². The molecule has 1 unspecified atom stereocenters. The fourth-order valence-electron chi connectivity index (χ4n) is 6.42. The second kappa shape index (κ2) is 14.6. The number of hydrogen-bond donors (Lipinski definition) is 0. The van der Waals surface area contributed by atoms with Gasteiger partial charge in [-0.05, 0) is 92.1 Å². The van der Waals surface area contributed by atoms with Crippen molar-refractivity contribution in [2.24, 2.45) is 0 Å². The van der Waals surface area contributed by atoms with E-state index in [0.717, 1.165) is 100 Å². The van der Waals surface area contributed by atoms with Gasteiger partial charge in [0.15, 0.2) is 0 Å². The topological polar surface area (TPSA) is 59.8 Å². The summed E-state index contributed by atoms with van der Waals surface area (Å²) in [5.74, 6) is -0.159. The molecule has 2 heterocycles. The Morgan fingerprint density at radius 1 is 1.15 bits per heavy atom. The summed E-state index contributed by atoms with van der Waals surface area (Å²) in [5.41, 5.74) is 5.51. The van der Waals surface area contributed by atoms with Crippen LogP contribution in [0.1, 0.15) is 63.4 Å². The number of ether oxygens (including phenoxy) is 1. The molecule has 1 atom stereocenters. The van der Waals surface area contributed by atoms with Crippen molar-refractivity contribution < 1.29 is 13.9 Å². The van der Waals surface area contributed by atoms with Crippen LogP contribution in [0.25, 0.3) is 0 Å². The first kappa shape index (κ1) is 32.3. The number of halogens is 3. The van der Waals surface area contributed by atoms with Gasteiger partial charge in [0, 0.05) is 57.3 Å². The molecule has 1 aliphatic carbocycles. The molecule has 2 aromatic rings. The van der Waals surface area contributed by atoms with E-state index in [9.17, 15) is 14.4 Å². The van der Waals surface area contributed by atoms with Crippen molar-refractivity contribution in [3.8, 4) is 6.07 Å². The van der Waals surface area contributed by atoms with E-state index in [-0.39, 0.29) is 42.5 Å². The summed E-state index contributed by atoms with van der Waals surface area (Å²) in [6.07, 6.45) is 4.88. The summed E-state index contributed by atoms with van der Waals surface area (Å²) in [6, 6.07) is 11.6. The van der Waals surface area contributed by atoms with Crippen LogP contribution in [0, 0.1) is 24.1 Å². The summed E-state index contributed by atoms with van der Waals surface area (Å²) in [4.78, 5) is 20.6. The number of carbonyl (C=O) groups is 1. The first-order chi connectivity index (χ1) is 18.4. The van der Waals surface area contributed by atoms with Crippen molar-refractivity contribution in [3.63, 3.8) is 0 Å². The van der Waals surface area contributed by atoms with Crippen molar-refractivity contribution in [1.29, 1.82) is 5.26 Å². The van der Waals surface area contributed by atoms with Gasteiger partial charge in [-0.3, -0.25) is 9.69 Å². The molecule has 2 aliphatic heterocycles. The van der Waals surface area contributed by atoms with Crippen molar-refractivity contribution >= 4 is 30.7 Å². The predicted octanol–water partition coefficient (Wildman–Crippen LogP) is 4.99. The van der Waals surface area contributed by atoms with Gasteiger partial charge in [-0.25, -0.2) is 4.39 Å². The molecule has 0 aromatic heterocycles. The highest BCUT2D eigenvalue weighted by atomic mass is 35.5. The number of fused-ring (bicyclic) bond motifs is 1. The van der Waals surface area contributed by atoms with E-state index in [0.29, 0.717) is 23.7 Å². The van der Waals surface area contributed by atoms with E-state index in [1.165, 1.54) is 6.07 Å². The molecule has 3 aliphatic rings. The lowest BCUT2D eigenvalue weighted by Crippen LogP contribution is -2.61. The molecular weight excluding hydrogens is 550 g/mol. The normalized spacial score (nSPS) is 18.4. The fourth-order valence-corrected chi connectivity index (χ4v) is 6.42. The number of amides is 1. The van der Waals surface area contributed by atoms with Crippen LogP contribution in [0.2, 0.25) is 0 Å².